The van der Waals surface area contributed by atoms with Crippen LogP contribution in [0.1, 0.15) is 79.6 Å². The molecule has 6 unspecified atom stereocenters. The number of rotatable bonds is 24. The molecule has 0 aromatic heterocycles. The van der Waals surface area contributed by atoms with Crippen LogP contribution < -0.4 is 48.3 Å². The predicted molar refractivity (Wildman–Crippen MR) is 212 cm³/mol. The van der Waals surface area contributed by atoms with Gasteiger partial charge in [0.25, 0.3) is 0 Å². The number of amides is 10. The molecule has 11 N–H and O–H groups in total. The summed E-state index contributed by atoms with van der Waals surface area (Å²) in [5, 5.41) is 28.9. The van der Waals surface area contributed by atoms with Gasteiger partial charge < -0.3 is 63.2 Å². The van der Waals surface area contributed by atoms with Gasteiger partial charge in [0.15, 0.2) is 0 Å². The molecule has 2 saturated heterocycles. The van der Waals surface area contributed by atoms with Crippen molar-refractivity contribution in [3.05, 3.63) is 0 Å². The lowest BCUT2D eigenvalue weighted by atomic mass is 9.98. The molecule has 0 radical (unpaired) electrons. The molecular weight excluding hydrogens is 790 g/mol. The van der Waals surface area contributed by atoms with Gasteiger partial charge in [0.2, 0.25) is 59.1 Å². The van der Waals surface area contributed by atoms with Gasteiger partial charge in [-0.05, 0) is 65.3 Å². The van der Waals surface area contributed by atoms with Crippen molar-refractivity contribution < 1.29 is 57.8 Å². The Labute approximate surface area is 348 Å². The van der Waals surface area contributed by atoms with Crippen LogP contribution in [0.4, 0.5) is 0 Å². The van der Waals surface area contributed by atoms with Crippen molar-refractivity contribution in [2.75, 3.05) is 45.8 Å². The molecule has 60 heavy (non-hydrogen) atoms. The van der Waals surface area contributed by atoms with E-state index in [2.05, 4.69) is 42.5 Å². The summed E-state index contributed by atoms with van der Waals surface area (Å²) in [6.45, 7) is 6.37. The van der Waals surface area contributed by atoms with Crippen molar-refractivity contribution in [3.63, 3.8) is 0 Å². The lowest BCUT2D eigenvalue weighted by Crippen LogP contribution is -2.57. The Hall–Kier alpha value is -5.87. The monoisotopic (exact) mass is 851 g/mol. The fourth-order valence-electron chi connectivity index (χ4n) is 6.69. The van der Waals surface area contributed by atoms with Gasteiger partial charge in [0, 0.05) is 19.0 Å². The molecule has 0 saturated carbocycles. The lowest BCUT2D eigenvalue weighted by molar-refractivity contribution is -0.143. The van der Waals surface area contributed by atoms with Crippen LogP contribution in [0, 0.1) is 5.92 Å². The number of likely N-dealkylation sites (tertiary alicyclic amines) is 1. The Morgan fingerprint density at radius 3 is 1.97 bits per heavy atom. The van der Waals surface area contributed by atoms with Gasteiger partial charge in [-0.15, -0.1) is 0 Å². The van der Waals surface area contributed by atoms with Gasteiger partial charge in [-0.3, -0.25) is 52.7 Å². The molecule has 336 valence electrons. The molecular formula is C37H61N11O12. The number of nitrogens with one attached hydrogen (secondary N) is 8. The van der Waals surface area contributed by atoms with E-state index in [1.807, 2.05) is 0 Å². The largest absolute Gasteiger partial charge is 0.480 e. The molecule has 2 aliphatic rings. The van der Waals surface area contributed by atoms with Crippen molar-refractivity contribution in [2.45, 2.75) is 116 Å². The molecule has 2 fully saturated rings. The van der Waals surface area contributed by atoms with Crippen LogP contribution in [-0.4, -0.2) is 162 Å². The van der Waals surface area contributed by atoms with E-state index in [1.54, 1.807) is 27.7 Å². The second kappa shape index (κ2) is 24.9. The Kier molecular flexibility index (Phi) is 20.9. The second-order valence-corrected chi connectivity index (χ2v) is 15.0. The third-order valence-corrected chi connectivity index (χ3v) is 10.1. The minimum absolute atomic E-state index is 0.193. The molecule has 0 bridgehead atoms. The molecule has 10 amide bonds. The first kappa shape index (κ1) is 50.3. The fraction of sp³-hybridized carbons (Fsp3) is 0.703. The first-order valence-electron chi connectivity index (χ1n) is 20.1. The first-order chi connectivity index (χ1) is 28.3. The fourth-order valence-corrected chi connectivity index (χ4v) is 6.69. The number of aliphatic carboxylic acids is 1. The van der Waals surface area contributed by atoms with Gasteiger partial charge >= 0.3 is 5.97 Å². The lowest BCUT2D eigenvalue weighted by Gasteiger charge is -2.33. The number of nitrogens with zero attached hydrogens (tertiary/aromatic N) is 2. The zero-order valence-corrected chi connectivity index (χ0v) is 34.9. The number of carbonyl (C=O) groups excluding carboxylic acids is 10. The molecule has 23 nitrogen and oxygen atoms in total. The van der Waals surface area contributed by atoms with Crippen LogP contribution in [0.25, 0.3) is 0 Å². The maximum Gasteiger partial charge on any atom is 0.322 e. The quantitative estimate of drug-likeness (QED) is 0.0437. The van der Waals surface area contributed by atoms with E-state index in [4.69, 9.17) is 10.8 Å². The van der Waals surface area contributed by atoms with E-state index in [0.29, 0.717) is 32.2 Å². The van der Waals surface area contributed by atoms with Crippen LogP contribution in [0.15, 0.2) is 0 Å². The van der Waals surface area contributed by atoms with Crippen molar-refractivity contribution in [1.29, 1.82) is 0 Å². The normalized spacial score (nSPS) is 17.9. The minimum atomic E-state index is -1.28. The third-order valence-electron chi connectivity index (χ3n) is 10.1. The van der Waals surface area contributed by atoms with E-state index in [1.165, 1.54) is 16.7 Å². The van der Waals surface area contributed by atoms with Gasteiger partial charge in [-0.25, -0.2) is 0 Å². The van der Waals surface area contributed by atoms with E-state index < -0.39 is 134 Å². The molecule has 0 aromatic rings. The number of primary amides is 1. The highest BCUT2D eigenvalue weighted by Gasteiger charge is 2.36. The van der Waals surface area contributed by atoms with Crippen molar-refractivity contribution in [1.82, 2.24) is 52.3 Å². The van der Waals surface area contributed by atoms with E-state index in [9.17, 15) is 52.7 Å². The SMILES string of the molecule is CCC(C)C(NC(=O)CNC(=O)C(CCC(N)=O)NC(=O)CNC(=O)C1CCCN1)C(=O)NCC(=O)N(C(C)C)C(C)C(=O)NCC(=O)N1CCCC1C(=O)NCC(=O)O. The number of carbonyl (C=O) groups is 11. The summed E-state index contributed by atoms with van der Waals surface area (Å²) in [4.78, 5) is 141. The molecule has 23 heteroatoms. The summed E-state index contributed by atoms with van der Waals surface area (Å²) in [6, 6.07) is -5.39. The summed E-state index contributed by atoms with van der Waals surface area (Å²) in [5.41, 5.74) is 5.23. The van der Waals surface area contributed by atoms with Crippen molar-refractivity contribution in [2.24, 2.45) is 11.7 Å². The number of hydrogen-bond acceptors (Lipinski definition) is 12. The zero-order valence-electron chi connectivity index (χ0n) is 34.9. The standard InChI is InChI=1S/C37H61N11O12/c1-6-21(4)32(46-28(51)16-41-35(58)24(11-12-26(38)49)45-27(50)15-40-34(57)23-9-7-13-39-23)37(60)43-18-30(53)48(20(2)3)22(5)33(56)42-17-29(52)47-14-8-10-25(47)36(59)44-19-31(54)55/h20-25,32,39H,6-19H2,1-5H3,(H2,38,49)(H,40,57)(H,41,58)(H,42,56)(H,43,60)(H,44,59)(H,45,50)(H,46,51)(H,54,55). The maximum absolute atomic E-state index is 13.4. The molecule has 0 aliphatic carbocycles. The zero-order chi connectivity index (χ0) is 45.1. The molecule has 2 heterocycles. The summed E-state index contributed by atoms with van der Waals surface area (Å²) >= 11 is 0. The number of carboxylic acid groups (broad SMARTS) is 1. The van der Waals surface area contributed by atoms with Gasteiger partial charge in [0.1, 0.15) is 30.7 Å². The van der Waals surface area contributed by atoms with Crippen LogP contribution in [0.3, 0.4) is 0 Å². The molecule has 0 spiro atoms. The third kappa shape index (κ3) is 16.4. The van der Waals surface area contributed by atoms with Crippen LogP contribution >= 0.6 is 0 Å². The average Bonchev–Trinajstić information content (AvgIpc) is 3.93. The average molecular weight is 852 g/mol. The number of nitrogens with two attached hydrogens (primary N) is 1. The number of carboxylic acids is 1. The smallest absolute Gasteiger partial charge is 0.322 e. The Balaban J connectivity index is 1.95. The second-order valence-electron chi connectivity index (χ2n) is 15.0. The van der Waals surface area contributed by atoms with Crippen molar-refractivity contribution >= 4 is 65.0 Å². The van der Waals surface area contributed by atoms with Gasteiger partial charge in [-0.2, -0.15) is 0 Å². The van der Waals surface area contributed by atoms with Crippen LogP contribution in [0.2, 0.25) is 0 Å². The van der Waals surface area contributed by atoms with E-state index >= 15 is 0 Å². The Bertz CT molecular complexity index is 1600. The van der Waals surface area contributed by atoms with Gasteiger partial charge in [-0.1, -0.05) is 20.3 Å². The Morgan fingerprint density at radius 2 is 1.37 bits per heavy atom. The summed E-state index contributed by atoms with van der Waals surface area (Å²) in [7, 11) is 0. The highest BCUT2D eigenvalue weighted by atomic mass is 16.4. The predicted octanol–water partition coefficient (Wildman–Crippen LogP) is -4.70. The number of hydrogen-bond donors (Lipinski definition) is 10. The molecule has 0 aromatic carbocycles. The Morgan fingerprint density at radius 1 is 0.750 bits per heavy atom. The summed E-state index contributed by atoms with van der Waals surface area (Å²) < 4.78 is 0. The van der Waals surface area contributed by atoms with Gasteiger partial charge in [0.05, 0.1) is 32.2 Å². The van der Waals surface area contributed by atoms with E-state index in [-0.39, 0.29) is 25.3 Å². The minimum Gasteiger partial charge on any atom is -0.480 e. The van der Waals surface area contributed by atoms with Crippen LogP contribution in [0.5, 0.6) is 0 Å². The maximum atomic E-state index is 13.4. The summed E-state index contributed by atoms with van der Waals surface area (Å²) in [6.07, 6.45) is 2.22. The molecule has 2 rings (SSSR count). The molecule has 6 atom stereocenters. The first-order valence-corrected chi connectivity index (χ1v) is 20.1. The topological polar surface area (TPSA) is 337 Å². The van der Waals surface area contributed by atoms with Crippen molar-refractivity contribution in [3.8, 4) is 0 Å². The van der Waals surface area contributed by atoms with Crippen LogP contribution in [-0.2, 0) is 52.7 Å². The summed E-state index contributed by atoms with van der Waals surface area (Å²) in [5.74, 6) is -8.36. The highest BCUT2D eigenvalue weighted by Crippen LogP contribution is 2.17. The van der Waals surface area contributed by atoms with E-state index in [0.717, 1.165) is 6.42 Å². The molecule has 2 aliphatic heterocycles. The highest BCUT2D eigenvalue weighted by molar-refractivity contribution is 5.96.